The first-order valence-electron chi connectivity index (χ1n) is 5.46. The highest BCUT2D eigenvalue weighted by atomic mass is 35.5. The quantitative estimate of drug-likeness (QED) is 0.612. The smallest absolute Gasteiger partial charge is 0.253 e. The second kappa shape index (κ2) is 7.95. The van der Waals surface area contributed by atoms with Crippen molar-refractivity contribution in [3.8, 4) is 0 Å². The van der Waals surface area contributed by atoms with Gasteiger partial charge in [0.05, 0.1) is 6.42 Å². The third kappa shape index (κ3) is 5.89. The summed E-state index contributed by atoms with van der Waals surface area (Å²) in [7, 11) is 0. The summed E-state index contributed by atoms with van der Waals surface area (Å²) in [6.07, 6.45) is 0.322. The van der Waals surface area contributed by atoms with Crippen molar-refractivity contribution in [1.29, 1.82) is 0 Å². The third-order valence-electron chi connectivity index (χ3n) is 2.15. The Bertz CT molecular complexity index is 396. The zero-order valence-corrected chi connectivity index (χ0v) is 11.2. The van der Waals surface area contributed by atoms with Crippen LogP contribution in [0, 0.1) is 0 Å². The van der Waals surface area contributed by atoms with E-state index >= 15 is 0 Å². The lowest BCUT2D eigenvalue weighted by Crippen LogP contribution is -2.37. The predicted molar refractivity (Wildman–Crippen MR) is 71.7 cm³/mol. The Balaban J connectivity index is 2.16. The van der Waals surface area contributed by atoms with E-state index in [0.29, 0.717) is 19.5 Å². The van der Waals surface area contributed by atoms with Gasteiger partial charge in [0.25, 0.3) is 5.91 Å². The summed E-state index contributed by atoms with van der Waals surface area (Å²) in [5.41, 5.74) is 0.945. The molecule has 0 radical (unpaired) electrons. The third-order valence-corrected chi connectivity index (χ3v) is 2.55. The van der Waals surface area contributed by atoms with Crippen LogP contribution in [0.2, 0.25) is 0 Å². The van der Waals surface area contributed by atoms with Crippen LogP contribution in [0.4, 0.5) is 0 Å². The summed E-state index contributed by atoms with van der Waals surface area (Å²) in [4.78, 5) is 21.4. The molecule has 0 saturated carbocycles. The fourth-order valence-electron chi connectivity index (χ4n) is 1.31. The average molecular weight is 289 g/mol. The van der Waals surface area contributed by atoms with E-state index in [-0.39, 0.29) is 5.91 Å². The highest BCUT2D eigenvalue weighted by molar-refractivity contribution is 6.53. The lowest BCUT2D eigenvalue weighted by Gasteiger charge is -2.07. The minimum absolute atomic E-state index is 0.0938. The van der Waals surface area contributed by atoms with Crippen LogP contribution in [0.3, 0.4) is 0 Å². The molecule has 0 aliphatic heterocycles. The van der Waals surface area contributed by atoms with Crippen LogP contribution < -0.4 is 10.6 Å². The van der Waals surface area contributed by atoms with E-state index in [4.69, 9.17) is 23.2 Å². The highest BCUT2D eigenvalue weighted by Gasteiger charge is 2.09. The lowest BCUT2D eigenvalue weighted by molar-refractivity contribution is -0.121. The maximum atomic E-state index is 11.5. The summed E-state index contributed by atoms with van der Waals surface area (Å²) in [5, 5.41) is 5.17. The summed E-state index contributed by atoms with van der Waals surface area (Å²) in [6.45, 7) is 0.646. The first kappa shape index (κ1) is 14.8. The number of rotatable bonds is 6. The predicted octanol–water partition coefficient (Wildman–Crippen LogP) is 1.27. The summed E-state index contributed by atoms with van der Waals surface area (Å²) in [6, 6.07) is 9.42. The van der Waals surface area contributed by atoms with Crippen LogP contribution in [0.25, 0.3) is 0 Å². The van der Waals surface area contributed by atoms with Crippen LogP contribution in [-0.2, 0) is 16.0 Å². The van der Waals surface area contributed by atoms with Crippen molar-refractivity contribution in [3.63, 3.8) is 0 Å². The molecule has 0 aromatic heterocycles. The molecule has 4 nitrogen and oxygen atoms in total. The largest absolute Gasteiger partial charge is 0.354 e. The molecule has 0 heterocycles. The van der Waals surface area contributed by atoms with Crippen molar-refractivity contribution in [2.24, 2.45) is 0 Å². The topological polar surface area (TPSA) is 58.2 Å². The molecule has 6 heteroatoms. The second-order valence-electron chi connectivity index (χ2n) is 3.60. The molecule has 0 spiro atoms. The Morgan fingerprint density at radius 2 is 1.67 bits per heavy atom. The molecular weight excluding hydrogens is 275 g/mol. The molecule has 0 saturated heterocycles. The molecule has 1 aromatic carbocycles. The fourth-order valence-corrected chi connectivity index (χ4v) is 1.46. The van der Waals surface area contributed by atoms with Gasteiger partial charge in [-0.05, 0) is 5.56 Å². The Hall–Kier alpha value is -1.26. The van der Waals surface area contributed by atoms with E-state index in [0.717, 1.165) is 5.56 Å². The van der Waals surface area contributed by atoms with Gasteiger partial charge in [0, 0.05) is 13.1 Å². The highest BCUT2D eigenvalue weighted by Crippen LogP contribution is 2.00. The van der Waals surface area contributed by atoms with Gasteiger partial charge in [-0.15, -0.1) is 0 Å². The summed E-state index contributed by atoms with van der Waals surface area (Å²) in [5.74, 6) is -0.556. The monoisotopic (exact) mass is 288 g/mol. The van der Waals surface area contributed by atoms with Crippen molar-refractivity contribution in [2.75, 3.05) is 13.1 Å². The molecule has 0 aliphatic rings. The normalized spacial score (nSPS) is 10.2. The minimum Gasteiger partial charge on any atom is -0.354 e. The Kier molecular flexibility index (Phi) is 6.54. The van der Waals surface area contributed by atoms with E-state index in [2.05, 4.69) is 10.6 Å². The molecular formula is C12H14Cl2N2O2. The van der Waals surface area contributed by atoms with E-state index in [1.54, 1.807) is 0 Å². The lowest BCUT2D eigenvalue weighted by atomic mass is 10.1. The maximum absolute atomic E-state index is 11.5. The second-order valence-corrected chi connectivity index (χ2v) is 4.70. The first-order chi connectivity index (χ1) is 8.59. The van der Waals surface area contributed by atoms with Gasteiger partial charge in [-0.3, -0.25) is 9.59 Å². The van der Waals surface area contributed by atoms with Gasteiger partial charge in [-0.2, -0.15) is 0 Å². The maximum Gasteiger partial charge on any atom is 0.253 e. The number of hydrogen-bond acceptors (Lipinski definition) is 2. The van der Waals surface area contributed by atoms with Crippen molar-refractivity contribution in [3.05, 3.63) is 35.9 Å². The van der Waals surface area contributed by atoms with E-state index < -0.39 is 10.7 Å². The van der Waals surface area contributed by atoms with Crippen LogP contribution in [0.5, 0.6) is 0 Å². The number of carbonyl (C=O) groups excluding carboxylic acids is 2. The molecule has 2 N–H and O–H groups in total. The number of hydrogen-bond donors (Lipinski definition) is 2. The average Bonchev–Trinajstić information content (AvgIpc) is 2.35. The molecule has 2 amide bonds. The molecule has 0 unspecified atom stereocenters. The Morgan fingerprint density at radius 3 is 2.28 bits per heavy atom. The zero-order valence-electron chi connectivity index (χ0n) is 9.66. The fraction of sp³-hybridized carbons (Fsp3) is 0.333. The van der Waals surface area contributed by atoms with E-state index in [1.165, 1.54) is 0 Å². The van der Waals surface area contributed by atoms with Crippen LogP contribution >= 0.6 is 23.2 Å². The number of halogens is 2. The number of amides is 2. The van der Waals surface area contributed by atoms with Gasteiger partial charge in [0.15, 0.2) is 4.84 Å². The minimum atomic E-state index is -1.08. The molecule has 0 fully saturated rings. The van der Waals surface area contributed by atoms with Crippen LogP contribution in [0.15, 0.2) is 30.3 Å². The summed E-state index contributed by atoms with van der Waals surface area (Å²) >= 11 is 10.7. The molecule has 1 rings (SSSR count). The van der Waals surface area contributed by atoms with Crippen molar-refractivity contribution in [1.82, 2.24) is 10.6 Å². The molecule has 98 valence electrons. The van der Waals surface area contributed by atoms with Gasteiger partial charge >= 0.3 is 0 Å². The number of benzene rings is 1. The zero-order chi connectivity index (χ0) is 13.4. The van der Waals surface area contributed by atoms with Gasteiger partial charge in [-0.1, -0.05) is 53.5 Å². The number of carbonyl (C=O) groups is 2. The van der Waals surface area contributed by atoms with E-state index in [9.17, 15) is 9.59 Å². The van der Waals surface area contributed by atoms with Crippen molar-refractivity contribution >= 4 is 35.0 Å². The molecule has 0 bridgehead atoms. The van der Waals surface area contributed by atoms with Crippen molar-refractivity contribution in [2.45, 2.75) is 11.3 Å². The molecule has 0 aliphatic carbocycles. The molecule has 0 atom stereocenters. The van der Waals surface area contributed by atoms with Gasteiger partial charge in [0.1, 0.15) is 0 Å². The van der Waals surface area contributed by atoms with Gasteiger partial charge < -0.3 is 10.6 Å². The Morgan fingerprint density at radius 1 is 1.06 bits per heavy atom. The van der Waals surface area contributed by atoms with E-state index in [1.807, 2.05) is 30.3 Å². The van der Waals surface area contributed by atoms with Crippen LogP contribution in [-0.4, -0.2) is 29.7 Å². The summed E-state index contributed by atoms with van der Waals surface area (Å²) < 4.78 is 0. The Labute approximate surface area is 116 Å². The van der Waals surface area contributed by atoms with Crippen molar-refractivity contribution < 1.29 is 9.59 Å². The van der Waals surface area contributed by atoms with Crippen LogP contribution in [0.1, 0.15) is 5.56 Å². The molecule has 18 heavy (non-hydrogen) atoms. The van der Waals surface area contributed by atoms with Gasteiger partial charge in [-0.25, -0.2) is 0 Å². The number of nitrogens with one attached hydrogen (secondary N) is 2. The molecule has 1 aromatic rings. The first-order valence-corrected chi connectivity index (χ1v) is 6.33. The number of alkyl halides is 2. The van der Waals surface area contributed by atoms with Gasteiger partial charge in [0.2, 0.25) is 5.91 Å². The standard InChI is InChI=1S/C12H14Cl2N2O2/c13-11(14)12(18)16-7-6-15-10(17)8-9-4-2-1-3-5-9/h1-5,11H,6-8H2,(H,15,17)(H,16,18). The SMILES string of the molecule is O=C(Cc1ccccc1)NCCNC(=O)C(Cl)Cl.